The molecule has 8 nitrogen and oxygen atoms in total. The van der Waals surface area contributed by atoms with Gasteiger partial charge in [-0.05, 0) is 0 Å². The summed E-state index contributed by atoms with van der Waals surface area (Å²) in [5, 5.41) is 22.2. The summed E-state index contributed by atoms with van der Waals surface area (Å²) < 4.78 is 42.7. The summed E-state index contributed by atoms with van der Waals surface area (Å²) in [7, 11) is 0.999. The molecule has 0 fully saturated rings. The highest BCUT2D eigenvalue weighted by molar-refractivity contribution is 5.67. The summed E-state index contributed by atoms with van der Waals surface area (Å²) in [5.41, 5.74) is -0.776. The number of halogens is 3. The van der Waals surface area contributed by atoms with Gasteiger partial charge in [-0.2, -0.15) is 13.2 Å². The first-order chi connectivity index (χ1) is 8.66. The number of nitro groups is 1. The van der Waals surface area contributed by atoms with Crippen LogP contribution in [-0.4, -0.2) is 39.1 Å². The molecule has 1 unspecified atom stereocenters. The van der Waals surface area contributed by atoms with Crippen molar-refractivity contribution in [1.29, 1.82) is 0 Å². The fourth-order valence-corrected chi connectivity index (χ4v) is 1.32. The number of carboxylic acid groups (broad SMARTS) is 1. The number of hydrogen-bond acceptors (Lipinski definition) is 5. The number of alkyl halides is 3. The van der Waals surface area contributed by atoms with E-state index in [9.17, 15) is 28.1 Å². The van der Waals surface area contributed by atoms with Crippen LogP contribution in [0.5, 0.6) is 5.88 Å². The second-order valence-corrected chi connectivity index (χ2v) is 3.42. The fraction of sp³-hybridized carbons (Fsp3) is 0.500. The Kier molecular flexibility index (Phi) is 3.97. The molecule has 1 rings (SSSR count). The second-order valence-electron chi connectivity index (χ2n) is 3.42. The molecule has 1 aromatic rings. The van der Waals surface area contributed by atoms with Crippen LogP contribution in [0.25, 0.3) is 0 Å². The molecule has 0 saturated carbocycles. The molecule has 106 valence electrons. The molecular weight excluding hydrogens is 275 g/mol. The quantitative estimate of drug-likeness (QED) is 0.646. The minimum absolute atomic E-state index is 0.172. The Hall–Kier alpha value is -2.33. The first kappa shape index (κ1) is 14.7. The molecule has 0 aromatic carbocycles. The molecule has 0 spiro atoms. The number of rotatable bonds is 5. The van der Waals surface area contributed by atoms with Gasteiger partial charge in [0, 0.05) is 0 Å². The zero-order chi connectivity index (χ0) is 14.8. The number of carboxylic acids is 1. The van der Waals surface area contributed by atoms with Crippen molar-refractivity contribution in [2.45, 2.75) is 18.6 Å². The van der Waals surface area contributed by atoms with Crippen LogP contribution in [0, 0.1) is 10.1 Å². The Labute approximate surface area is 103 Å². The Balaban J connectivity index is 3.23. The van der Waals surface area contributed by atoms with Crippen molar-refractivity contribution in [2.75, 3.05) is 7.11 Å². The molecule has 1 heterocycles. The van der Waals surface area contributed by atoms with E-state index >= 15 is 0 Å². The van der Waals surface area contributed by atoms with Gasteiger partial charge in [-0.3, -0.25) is 14.9 Å². The van der Waals surface area contributed by atoms with Gasteiger partial charge in [0.15, 0.2) is 6.04 Å². The van der Waals surface area contributed by atoms with Gasteiger partial charge in [-0.25, -0.2) is 4.68 Å². The van der Waals surface area contributed by atoms with Gasteiger partial charge < -0.3 is 9.84 Å². The van der Waals surface area contributed by atoms with Gasteiger partial charge in [0.25, 0.3) is 0 Å². The van der Waals surface area contributed by atoms with Gasteiger partial charge in [-0.15, -0.1) is 5.10 Å². The molecule has 0 aliphatic rings. The smallest absolute Gasteiger partial charge is 0.411 e. The van der Waals surface area contributed by atoms with Crippen LogP contribution in [0.15, 0.2) is 6.20 Å². The van der Waals surface area contributed by atoms with Crippen LogP contribution < -0.4 is 4.74 Å². The van der Waals surface area contributed by atoms with Crippen molar-refractivity contribution in [2.24, 2.45) is 0 Å². The highest BCUT2D eigenvalue weighted by Crippen LogP contribution is 2.35. The predicted octanol–water partition coefficient (Wildman–Crippen LogP) is 1.38. The Bertz CT molecular complexity index is 498. The lowest BCUT2D eigenvalue weighted by atomic mass is 10.2. The topological polar surface area (TPSA) is 107 Å². The predicted molar refractivity (Wildman–Crippen MR) is 52.8 cm³/mol. The number of ether oxygens (including phenoxy) is 1. The van der Waals surface area contributed by atoms with Gasteiger partial charge in [-0.1, -0.05) is 0 Å². The van der Waals surface area contributed by atoms with E-state index in [-0.39, 0.29) is 4.68 Å². The molecule has 0 aliphatic carbocycles. The van der Waals surface area contributed by atoms with E-state index in [2.05, 4.69) is 9.84 Å². The maximum absolute atomic E-state index is 12.7. The normalized spacial score (nSPS) is 13.1. The SMILES string of the molecule is COc1nn(C(CC(=O)O)C(F)(F)F)cc1[N+](=O)[O-]. The Morgan fingerprint density at radius 2 is 2.26 bits per heavy atom. The Morgan fingerprint density at radius 3 is 2.58 bits per heavy atom. The molecule has 1 atom stereocenters. The maximum atomic E-state index is 12.7. The zero-order valence-corrected chi connectivity index (χ0v) is 9.42. The molecular formula is C8H8F3N3O5. The summed E-state index contributed by atoms with van der Waals surface area (Å²) in [5.74, 6) is -2.33. The fourth-order valence-electron chi connectivity index (χ4n) is 1.32. The third-order valence-electron chi connectivity index (χ3n) is 2.14. The molecule has 19 heavy (non-hydrogen) atoms. The van der Waals surface area contributed by atoms with Gasteiger partial charge >= 0.3 is 23.7 Å². The van der Waals surface area contributed by atoms with E-state index in [0.717, 1.165) is 7.11 Å². The summed E-state index contributed by atoms with van der Waals surface area (Å²) in [4.78, 5) is 20.0. The number of aliphatic carboxylic acids is 1. The van der Waals surface area contributed by atoms with Gasteiger partial charge in [0.05, 0.1) is 18.5 Å². The number of aromatic nitrogens is 2. The van der Waals surface area contributed by atoms with E-state index in [4.69, 9.17) is 5.11 Å². The average Bonchev–Trinajstić information content (AvgIpc) is 2.67. The lowest BCUT2D eigenvalue weighted by Crippen LogP contribution is -2.29. The molecule has 1 aromatic heterocycles. The second kappa shape index (κ2) is 5.12. The van der Waals surface area contributed by atoms with E-state index in [1.54, 1.807) is 0 Å². The largest absolute Gasteiger partial charge is 0.481 e. The van der Waals surface area contributed by atoms with E-state index in [0.29, 0.717) is 6.20 Å². The summed E-state index contributed by atoms with van der Waals surface area (Å²) in [6, 6.07) is -2.51. The third kappa shape index (κ3) is 3.33. The Morgan fingerprint density at radius 1 is 1.68 bits per heavy atom. The minimum Gasteiger partial charge on any atom is -0.481 e. The van der Waals surface area contributed by atoms with Crippen molar-refractivity contribution in [1.82, 2.24) is 9.78 Å². The molecule has 0 amide bonds. The lowest BCUT2D eigenvalue weighted by Gasteiger charge is -2.18. The van der Waals surface area contributed by atoms with Gasteiger partial charge in [0.2, 0.25) is 0 Å². The third-order valence-corrected chi connectivity index (χ3v) is 2.14. The first-order valence-corrected chi connectivity index (χ1v) is 4.72. The van der Waals surface area contributed by atoms with Crippen LogP contribution in [0.3, 0.4) is 0 Å². The van der Waals surface area contributed by atoms with Crippen LogP contribution in [-0.2, 0) is 4.79 Å². The van der Waals surface area contributed by atoms with Crippen LogP contribution in [0.2, 0.25) is 0 Å². The lowest BCUT2D eigenvalue weighted by molar-refractivity contribution is -0.385. The molecule has 1 N–H and O–H groups in total. The summed E-state index contributed by atoms with van der Waals surface area (Å²) in [6.07, 6.45) is -5.73. The highest BCUT2D eigenvalue weighted by atomic mass is 19.4. The standard InChI is InChI=1S/C8H8F3N3O5/c1-19-7-4(14(17)18)3-13(12-7)5(2-6(15)16)8(9,10)11/h3,5H,2H2,1H3,(H,15,16). The number of methoxy groups -OCH3 is 1. The van der Waals surface area contributed by atoms with Crippen molar-refractivity contribution in [3.8, 4) is 5.88 Å². The average molecular weight is 283 g/mol. The maximum Gasteiger partial charge on any atom is 0.411 e. The van der Waals surface area contributed by atoms with Crippen molar-refractivity contribution in [3.05, 3.63) is 16.3 Å². The molecule has 0 saturated heterocycles. The number of hydrogen-bond donors (Lipinski definition) is 1. The van der Waals surface area contributed by atoms with E-state index in [1.165, 1.54) is 0 Å². The zero-order valence-electron chi connectivity index (χ0n) is 9.42. The summed E-state index contributed by atoms with van der Waals surface area (Å²) >= 11 is 0. The van der Waals surface area contributed by atoms with E-state index < -0.39 is 41.1 Å². The monoisotopic (exact) mass is 283 g/mol. The van der Waals surface area contributed by atoms with Crippen LogP contribution in [0.1, 0.15) is 12.5 Å². The van der Waals surface area contributed by atoms with Crippen molar-refractivity contribution < 1.29 is 32.7 Å². The first-order valence-electron chi connectivity index (χ1n) is 4.72. The van der Waals surface area contributed by atoms with Crippen molar-refractivity contribution >= 4 is 11.7 Å². The number of carbonyl (C=O) groups is 1. The number of nitrogens with zero attached hydrogens (tertiary/aromatic N) is 3. The van der Waals surface area contributed by atoms with E-state index in [1.807, 2.05) is 0 Å². The van der Waals surface area contributed by atoms with Gasteiger partial charge in [0.1, 0.15) is 6.20 Å². The highest BCUT2D eigenvalue weighted by Gasteiger charge is 2.44. The molecule has 11 heteroatoms. The molecule has 0 radical (unpaired) electrons. The summed E-state index contributed by atoms with van der Waals surface area (Å²) in [6.45, 7) is 0. The van der Waals surface area contributed by atoms with Crippen molar-refractivity contribution in [3.63, 3.8) is 0 Å². The molecule has 0 bridgehead atoms. The van der Waals surface area contributed by atoms with Crippen LogP contribution >= 0.6 is 0 Å². The molecule has 0 aliphatic heterocycles. The van der Waals surface area contributed by atoms with Crippen LogP contribution in [0.4, 0.5) is 18.9 Å². The minimum atomic E-state index is -4.91.